The van der Waals surface area contributed by atoms with Gasteiger partial charge >= 0.3 is 0 Å². The number of hydrogen-bond acceptors (Lipinski definition) is 1. The summed E-state index contributed by atoms with van der Waals surface area (Å²) in [4.78, 5) is 0. The van der Waals surface area contributed by atoms with Crippen LogP contribution in [0, 0.1) is 6.92 Å². The lowest BCUT2D eigenvalue weighted by molar-refractivity contribution is 0.574. The van der Waals surface area contributed by atoms with Gasteiger partial charge in [-0.3, -0.25) is 0 Å². The molecule has 0 radical (unpaired) electrons. The highest BCUT2D eigenvalue weighted by Crippen LogP contribution is 2.14. The van der Waals surface area contributed by atoms with Gasteiger partial charge in [-0.2, -0.15) is 0 Å². The van der Waals surface area contributed by atoms with Crippen LogP contribution in [0.1, 0.15) is 42.1 Å². The average Bonchev–Trinajstić information content (AvgIpc) is 2.46. The highest BCUT2D eigenvalue weighted by molar-refractivity contribution is 5.25. The molecule has 1 nitrogen and oxygen atoms in total. The van der Waals surface area contributed by atoms with E-state index in [1.165, 1.54) is 22.3 Å². The molecular formula is C18H23N. The first-order chi connectivity index (χ1) is 9.19. The van der Waals surface area contributed by atoms with E-state index >= 15 is 0 Å². The summed E-state index contributed by atoms with van der Waals surface area (Å²) in [5, 5.41) is 3.57. The summed E-state index contributed by atoms with van der Waals surface area (Å²) in [5.41, 5.74) is 5.40. The van der Waals surface area contributed by atoms with Crippen molar-refractivity contribution in [3.05, 3.63) is 70.8 Å². The van der Waals surface area contributed by atoms with Gasteiger partial charge < -0.3 is 5.32 Å². The number of benzene rings is 2. The van der Waals surface area contributed by atoms with Gasteiger partial charge in [-0.05, 0) is 37.0 Å². The highest BCUT2D eigenvalue weighted by atomic mass is 14.9. The van der Waals surface area contributed by atoms with Gasteiger partial charge in [0.1, 0.15) is 0 Å². The molecule has 0 fully saturated rings. The number of aryl methyl sites for hydroxylation is 2. The first kappa shape index (κ1) is 13.8. The maximum Gasteiger partial charge on any atom is 0.0294 e. The van der Waals surface area contributed by atoms with Crippen LogP contribution in [-0.4, -0.2) is 0 Å². The van der Waals surface area contributed by atoms with E-state index in [2.05, 4.69) is 74.6 Å². The zero-order valence-electron chi connectivity index (χ0n) is 12.1. The molecule has 2 rings (SSSR count). The van der Waals surface area contributed by atoms with Crippen molar-refractivity contribution in [2.75, 3.05) is 0 Å². The fourth-order valence-corrected chi connectivity index (χ4v) is 2.14. The van der Waals surface area contributed by atoms with Gasteiger partial charge in [0.05, 0.1) is 0 Å². The Kier molecular flexibility index (Phi) is 4.75. The largest absolute Gasteiger partial charge is 0.306 e. The maximum absolute atomic E-state index is 3.57. The third-order valence-corrected chi connectivity index (χ3v) is 3.62. The first-order valence-electron chi connectivity index (χ1n) is 7.07. The molecule has 19 heavy (non-hydrogen) atoms. The van der Waals surface area contributed by atoms with Crippen LogP contribution in [0.2, 0.25) is 0 Å². The normalized spacial score (nSPS) is 12.4. The summed E-state index contributed by atoms with van der Waals surface area (Å²) in [6, 6.07) is 18.0. The molecule has 0 saturated heterocycles. The Balaban J connectivity index is 1.92. The zero-order chi connectivity index (χ0) is 13.7. The van der Waals surface area contributed by atoms with Gasteiger partial charge in [0.25, 0.3) is 0 Å². The molecule has 0 aliphatic rings. The van der Waals surface area contributed by atoms with Crippen LogP contribution in [0.3, 0.4) is 0 Å². The fraction of sp³-hybridized carbons (Fsp3) is 0.333. The minimum atomic E-state index is 0.381. The Hall–Kier alpha value is -1.60. The van der Waals surface area contributed by atoms with Crippen LogP contribution in [-0.2, 0) is 13.0 Å². The summed E-state index contributed by atoms with van der Waals surface area (Å²) in [7, 11) is 0. The molecule has 0 unspecified atom stereocenters. The standard InChI is InChI=1S/C18H23N/c1-4-16-7-9-17(10-8-16)13-19-15(3)18-11-5-14(2)6-12-18/h5-12,15,19H,4,13H2,1-3H3/t15-/m0/s1. The van der Waals surface area contributed by atoms with Crippen LogP contribution in [0.4, 0.5) is 0 Å². The summed E-state index contributed by atoms with van der Waals surface area (Å²) < 4.78 is 0. The van der Waals surface area contributed by atoms with Gasteiger partial charge in [-0.1, -0.05) is 61.0 Å². The van der Waals surface area contributed by atoms with Gasteiger partial charge in [0.15, 0.2) is 0 Å². The van der Waals surface area contributed by atoms with Crippen LogP contribution in [0.25, 0.3) is 0 Å². The Labute approximate surface area is 116 Å². The van der Waals surface area contributed by atoms with E-state index in [-0.39, 0.29) is 0 Å². The van der Waals surface area contributed by atoms with Crippen LogP contribution < -0.4 is 5.32 Å². The molecule has 0 saturated carbocycles. The minimum Gasteiger partial charge on any atom is -0.306 e. The van der Waals surface area contributed by atoms with Crippen molar-refractivity contribution in [2.45, 2.75) is 39.8 Å². The molecule has 0 spiro atoms. The summed E-state index contributed by atoms with van der Waals surface area (Å²) in [6.07, 6.45) is 1.10. The predicted octanol–water partition coefficient (Wildman–Crippen LogP) is 4.41. The number of nitrogens with one attached hydrogen (secondary N) is 1. The van der Waals surface area contributed by atoms with E-state index in [1.54, 1.807) is 0 Å². The van der Waals surface area contributed by atoms with E-state index in [9.17, 15) is 0 Å². The lowest BCUT2D eigenvalue weighted by atomic mass is 10.1. The Morgan fingerprint density at radius 1 is 0.895 bits per heavy atom. The molecule has 0 bridgehead atoms. The summed E-state index contributed by atoms with van der Waals surface area (Å²) in [6.45, 7) is 7.44. The van der Waals surface area contributed by atoms with E-state index in [0.717, 1.165) is 13.0 Å². The van der Waals surface area contributed by atoms with E-state index in [4.69, 9.17) is 0 Å². The lowest BCUT2D eigenvalue weighted by Crippen LogP contribution is -2.18. The third kappa shape index (κ3) is 3.93. The smallest absolute Gasteiger partial charge is 0.0294 e. The summed E-state index contributed by atoms with van der Waals surface area (Å²) in [5.74, 6) is 0. The predicted molar refractivity (Wildman–Crippen MR) is 82.3 cm³/mol. The number of hydrogen-bond donors (Lipinski definition) is 1. The van der Waals surface area contributed by atoms with Crippen molar-refractivity contribution < 1.29 is 0 Å². The molecule has 1 N–H and O–H groups in total. The third-order valence-electron chi connectivity index (χ3n) is 3.62. The minimum absolute atomic E-state index is 0.381. The second-order valence-electron chi connectivity index (χ2n) is 5.18. The Morgan fingerprint density at radius 2 is 1.47 bits per heavy atom. The van der Waals surface area contributed by atoms with Gasteiger partial charge in [-0.25, -0.2) is 0 Å². The second-order valence-corrected chi connectivity index (χ2v) is 5.18. The van der Waals surface area contributed by atoms with E-state index in [0.29, 0.717) is 6.04 Å². The van der Waals surface area contributed by atoms with Gasteiger partial charge in [0, 0.05) is 12.6 Å². The molecule has 1 heteroatoms. The fourth-order valence-electron chi connectivity index (χ4n) is 2.14. The van der Waals surface area contributed by atoms with E-state index < -0.39 is 0 Å². The second kappa shape index (κ2) is 6.53. The monoisotopic (exact) mass is 253 g/mol. The molecular weight excluding hydrogens is 230 g/mol. The molecule has 1 atom stereocenters. The molecule has 2 aromatic carbocycles. The van der Waals surface area contributed by atoms with Crippen molar-refractivity contribution in [1.29, 1.82) is 0 Å². The molecule has 100 valence electrons. The maximum atomic E-state index is 3.57. The first-order valence-corrected chi connectivity index (χ1v) is 7.07. The molecule has 0 aliphatic carbocycles. The molecule has 0 aliphatic heterocycles. The molecule has 0 aromatic heterocycles. The highest BCUT2D eigenvalue weighted by Gasteiger charge is 2.04. The molecule has 0 amide bonds. The quantitative estimate of drug-likeness (QED) is 0.832. The number of rotatable bonds is 5. The van der Waals surface area contributed by atoms with Crippen LogP contribution >= 0.6 is 0 Å². The zero-order valence-corrected chi connectivity index (χ0v) is 12.1. The van der Waals surface area contributed by atoms with Crippen molar-refractivity contribution in [3.63, 3.8) is 0 Å². The Morgan fingerprint density at radius 3 is 2.05 bits per heavy atom. The van der Waals surface area contributed by atoms with Gasteiger partial charge in [-0.15, -0.1) is 0 Å². The van der Waals surface area contributed by atoms with Crippen molar-refractivity contribution in [3.8, 4) is 0 Å². The topological polar surface area (TPSA) is 12.0 Å². The molecule has 2 aromatic rings. The van der Waals surface area contributed by atoms with Crippen molar-refractivity contribution in [2.24, 2.45) is 0 Å². The Bertz CT molecular complexity index is 496. The molecule has 0 heterocycles. The lowest BCUT2D eigenvalue weighted by Gasteiger charge is -2.14. The average molecular weight is 253 g/mol. The summed E-state index contributed by atoms with van der Waals surface area (Å²) >= 11 is 0. The van der Waals surface area contributed by atoms with Crippen LogP contribution in [0.5, 0.6) is 0 Å². The van der Waals surface area contributed by atoms with E-state index in [1.807, 2.05) is 0 Å². The SMILES string of the molecule is CCc1ccc(CN[C@@H](C)c2ccc(C)cc2)cc1. The van der Waals surface area contributed by atoms with Crippen molar-refractivity contribution >= 4 is 0 Å². The van der Waals surface area contributed by atoms with Crippen molar-refractivity contribution in [1.82, 2.24) is 5.32 Å². The van der Waals surface area contributed by atoms with Crippen LogP contribution in [0.15, 0.2) is 48.5 Å². The van der Waals surface area contributed by atoms with Gasteiger partial charge in [0.2, 0.25) is 0 Å².